The molecule has 1 aromatic heterocycles. The number of nitrogens with zero attached hydrogens (tertiary/aromatic N) is 1. The van der Waals surface area contributed by atoms with Gasteiger partial charge in [-0.3, -0.25) is 14.5 Å². The molecule has 0 aliphatic carbocycles. The molecule has 1 aromatic carbocycles. The van der Waals surface area contributed by atoms with Crippen LogP contribution in [0.1, 0.15) is 33.6 Å². The molecule has 5 nitrogen and oxygen atoms in total. The van der Waals surface area contributed by atoms with Gasteiger partial charge in [0.1, 0.15) is 0 Å². The summed E-state index contributed by atoms with van der Waals surface area (Å²) in [6.45, 7) is 5.05. The number of halogens is 1. The van der Waals surface area contributed by atoms with Crippen LogP contribution in [0.15, 0.2) is 40.2 Å². The average Bonchev–Trinajstić information content (AvgIpc) is 3.10. The van der Waals surface area contributed by atoms with Crippen LogP contribution in [-0.2, 0) is 11.3 Å². The van der Waals surface area contributed by atoms with Gasteiger partial charge in [0.15, 0.2) is 0 Å². The number of carbonyl (C=O) groups excluding carboxylic acids is 2. The molecule has 27 heavy (non-hydrogen) atoms. The van der Waals surface area contributed by atoms with Crippen molar-refractivity contribution < 1.29 is 9.59 Å². The van der Waals surface area contributed by atoms with Crippen molar-refractivity contribution >= 4 is 39.1 Å². The third-order valence-electron chi connectivity index (χ3n) is 4.81. The zero-order chi connectivity index (χ0) is 19.2. The van der Waals surface area contributed by atoms with Crippen LogP contribution in [0, 0.1) is 6.92 Å². The molecule has 2 heterocycles. The number of thiophene rings is 1. The third-order valence-corrected chi connectivity index (χ3v) is 6.44. The Labute approximate surface area is 172 Å². The highest BCUT2D eigenvalue weighted by molar-refractivity contribution is 9.11. The molecule has 0 radical (unpaired) electrons. The van der Waals surface area contributed by atoms with Crippen LogP contribution in [-0.4, -0.2) is 42.4 Å². The second kappa shape index (κ2) is 9.48. The molecule has 2 amide bonds. The third kappa shape index (κ3) is 5.89. The van der Waals surface area contributed by atoms with E-state index in [1.807, 2.05) is 6.07 Å². The van der Waals surface area contributed by atoms with Gasteiger partial charge in [0.25, 0.3) is 5.91 Å². The Morgan fingerprint density at radius 2 is 1.93 bits per heavy atom. The number of amides is 2. The van der Waals surface area contributed by atoms with Crippen LogP contribution in [0.25, 0.3) is 0 Å². The molecule has 1 aliphatic heterocycles. The Morgan fingerprint density at radius 3 is 2.59 bits per heavy atom. The summed E-state index contributed by atoms with van der Waals surface area (Å²) >= 11 is 4.68. The molecule has 1 fully saturated rings. The molecule has 2 aromatic rings. The first-order valence-corrected chi connectivity index (χ1v) is 10.7. The maximum atomic E-state index is 12.1. The van der Waals surface area contributed by atoms with E-state index in [1.165, 1.54) is 22.5 Å². The maximum Gasteiger partial charge on any atom is 0.261 e. The van der Waals surface area contributed by atoms with Crippen molar-refractivity contribution in [3.8, 4) is 0 Å². The lowest BCUT2D eigenvalue weighted by Crippen LogP contribution is -2.47. The minimum atomic E-state index is -0.214. The van der Waals surface area contributed by atoms with E-state index in [2.05, 4.69) is 62.7 Å². The SMILES string of the molecule is Cc1ccccc1CN1CCC(NC(=O)CNC(=O)c2ccc(Br)s2)CC1. The fraction of sp³-hybridized carbons (Fsp3) is 0.400. The minimum absolute atomic E-state index is 0.0117. The van der Waals surface area contributed by atoms with Crippen LogP contribution in [0.5, 0.6) is 0 Å². The summed E-state index contributed by atoms with van der Waals surface area (Å²) in [5.74, 6) is -0.342. The van der Waals surface area contributed by atoms with E-state index in [0.29, 0.717) is 4.88 Å². The van der Waals surface area contributed by atoms with Crippen LogP contribution in [0.4, 0.5) is 0 Å². The lowest BCUT2D eigenvalue weighted by atomic mass is 10.0. The van der Waals surface area contributed by atoms with E-state index < -0.39 is 0 Å². The van der Waals surface area contributed by atoms with Gasteiger partial charge in [-0.15, -0.1) is 11.3 Å². The molecule has 0 saturated carbocycles. The van der Waals surface area contributed by atoms with Crippen LogP contribution in [0.3, 0.4) is 0 Å². The molecular formula is C20H24BrN3O2S. The summed E-state index contributed by atoms with van der Waals surface area (Å²) < 4.78 is 0.898. The summed E-state index contributed by atoms with van der Waals surface area (Å²) in [5.41, 5.74) is 2.68. The van der Waals surface area contributed by atoms with E-state index in [9.17, 15) is 9.59 Å². The molecule has 0 unspecified atom stereocenters. The predicted octanol–water partition coefficient (Wildman–Crippen LogP) is 3.33. The fourth-order valence-corrected chi connectivity index (χ4v) is 4.53. The van der Waals surface area contributed by atoms with Crippen molar-refractivity contribution in [3.05, 3.63) is 56.2 Å². The Kier molecular flexibility index (Phi) is 7.04. The lowest BCUT2D eigenvalue weighted by Gasteiger charge is -2.32. The number of aryl methyl sites for hydroxylation is 1. The second-order valence-electron chi connectivity index (χ2n) is 6.83. The normalized spacial score (nSPS) is 15.5. The predicted molar refractivity (Wildman–Crippen MR) is 112 cm³/mol. The van der Waals surface area contributed by atoms with Crippen LogP contribution >= 0.6 is 27.3 Å². The topological polar surface area (TPSA) is 61.4 Å². The highest BCUT2D eigenvalue weighted by Gasteiger charge is 2.21. The summed E-state index contributed by atoms with van der Waals surface area (Å²) in [4.78, 5) is 27.1. The monoisotopic (exact) mass is 449 g/mol. The molecule has 2 N–H and O–H groups in total. The van der Waals surface area contributed by atoms with Gasteiger partial charge in [0, 0.05) is 25.7 Å². The zero-order valence-electron chi connectivity index (χ0n) is 15.3. The van der Waals surface area contributed by atoms with Crippen LogP contribution < -0.4 is 10.6 Å². The van der Waals surface area contributed by atoms with Gasteiger partial charge in [-0.1, -0.05) is 24.3 Å². The number of hydrogen-bond donors (Lipinski definition) is 2. The lowest BCUT2D eigenvalue weighted by molar-refractivity contribution is -0.121. The van der Waals surface area contributed by atoms with Crippen molar-refractivity contribution in [2.24, 2.45) is 0 Å². The number of likely N-dealkylation sites (tertiary alicyclic amines) is 1. The number of rotatable bonds is 6. The smallest absolute Gasteiger partial charge is 0.261 e. The van der Waals surface area contributed by atoms with Crippen molar-refractivity contribution in [3.63, 3.8) is 0 Å². The fourth-order valence-electron chi connectivity index (χ4n) is 3.23. The summed E-state index contributed by atoms with van der Waals surface area (Å²) in [6.07, 6.45) is 1.87. The average molecular weight is 450 g/mol. The van der Waals surface area contributed by atoms with E-state index in [1.54, 1.807) is 6.07 Å². The molecule has 144 valence electrons. The first kappa shape index (κ1) is 20.0. The summed E-state index contributed by atoms with van der Waals surface area (Å²) in [6, 6.07) is 12.2. The Balaban J connectivity index is 1.38. The zero-order valence-corrected chi connectivity index (χ0v) is 17.7. The second-order valence-corrected chi connectivity index (χ2v) is 9.29. The maximum absolute atomic E-state index is 12.1. The number of piperidine rings is 1. The van der Waals surface area contributed by atoms with E-state index in [4.69, 9.17) is 0 Å². The van der Waals surface area contributed by atoms with Gasteiger partial charge < -0.3 is 10.6 Å². The molecule has 1 saturated heterocycles. The molecular weight excluding hydrogens is 426 g/mol. The standard InChI is InChI=1S/C20H24BrN3O2S/c1-14-4-2-3-5-15(14)13-24-10-8-16(9-11-24)23-19(25)12-22-20(26)17-6-7-18(21)27-17/h2-7,16H,8-13H2,1H3,(H,22,26)(H,23,25). The van der Waals surface area contributed by atoms with Gasteiger partial charge in [-0.2, -0.15) is 0 Å². The highest BCUT2D eigenvalue weighted by atomic mass is 79.9. The van der Waals surface area contributed by atoms with E-state index in [0.717, 1.165) is 36.3 Å². The molecule has 3 rings (SSSR count). The Hall–Kier alpha value is -1.70. The summed E-state index contributed by atoms with van der Waals surface area (Å²) in [5, 5.41) is 5.72. The first-order valence-electron chi connectivity index (χ1n) is 9.11. The minimum Gasteiger partial charge on any atom is -0.352 e. The van der Waals surface area contributed by atoms with Crippen molar-refractivity contribution in [1.29, 1.82) is 0 Å². The van der Waals surface area contributed by atoms with E-state index in [-0.39, 0.29) is 24.4 Å². The molecule has 1 aliphatic rings. The number of nitrogens with one attached hydrogen (secondary N) is 2. The molecule has 0 atom stereocenters. The van der Waals surface area contributed by atoms with Gasteiger partial charge >= 0.3 is 0 Å². The van der Waals surface area contributed by atoms with Gasteiger partial charge in [-0.25, -0.2) is 0 Å². The Morgan fingerprint density at radius 1 is 1.19 bits per heavy atom. The van der Waals surface area contributed by atoms with Gasteiger partial charge in [0.05, 0.1) is 15.2 Å². The van der Waals surface area contributed by atoms with Crippen molar-refractivity contribution in [1.82, 2.24) is 15.5 Å². The number of carbonyl (C=O) groups is 2. The van der Waals surface area contributed by atoms with Crippen molar-refractivity contribution in [2.45, 2.75) is 32.4 Å². The van der Waals surface area contributed by atoms with E-state index >= 15 is 0 Å². The van der Waals surface area contributed by atoms with Crippen molar-refractivity contribution in [2.75, 3.05) is 19.6 Å². The van der Waals surface area contributed by atoms with Gasteiger partial charge in [0.2, 0.25) is 5.91 Å². The largest absolute Gasteiger partial charge is 0.352 e. The molecule has 0 spiro atoms. The Bertz CT molecular complexity index is 800. The van der Waals surface area contributed by atoms with Gasteiger partial charge in [-0.05, 0) is 59.0 Å². The quantitative estimate of drug-likeness (QED) is 0.710. The summed E-state index contributed by atoms with van der Waals surface area (Å²) in [7, 11) is 0. The molecule has 0 bridgehead atoms. The van der Waals surface area contributed by atoms with Crippen LogP contribution in [0.2, 0.25) is 0 Å². The molecule has 7 heteroatoms. The number of benzene rings is 1. The number of hydrogen-bond acceptors (Lipinski definition) is 4. The highest BCUT2D eigenvalue weighted by Crippen LogP contribution is 2.21. The first-order chi connectivity index (χ1) is 13.0.